The number of rotatable bonds is 7. The van der Waals surface area contributed by atoms with E-state index in [4.69, 9.17) is 27.9 Å². The lowest BCUT2D eigenvalue weighted by molar-refractivity contribution is -0.116. The molecule has 0 fully saturated rings. The second-order valence-corrected chi connectivity index (χ2v) is 8.48. The van der Waals surface area contributed by atoms with Crippen LogP contribution in [0, 0.1) is 13.8 Å². The number of amides is 1. The molecule has 0 saturated carbocycles. The lowest BCUT2D eigenvalue weighted by atomic mass is 9.90. The highest BCUT2D eigenvalue weighted by atomic mass is 35.5. The molecule has 0 aliphatic rings. The van der Waals surface area contributed by atoms with Crippen LogP contribution in [0.15, 0.2) is 78.9 Å². The fourth-order valence-corrected chi connectivity index (χ4v) is 4.17. The van der Waals surface area contributed by atoms with Gasteiger partial charge in [-0.2, -0.15) is 5.10 Å². The van der Waals surface area contributed by atoms with Crippen LogP contribution < -0.4 is 10.1 Å². The molecule has 3 aromatic carbocycles. The average Bonchev–Trinajstić information content (AvgIpc) is 3.07. The number of aromatic nitrogens is 2. The summed E-state index contributed by atoms with van der Waals surface area (Å²) in [5.74, 6) is -0.0640. The van der Waals surface area contributed by atoms with Crippen molar-refractivity contribution >= 4 is 34.8 Å². The minimum absolute atomic E-state index is 0.125. The van der Waals surface area contributed by atoms with E-state index in [-0.39, 0.29) is 12.6 Å². The molecule has 0 aliphatic heterocycles. The van der Waals surface area contributed by atoms with Crippen molar-refractivity contribution in [3.05, 3.63) is 111 Å². The number of carbonyl (C=O) groups excluding carboxylic acids is 1. The van der Waals surface area contributed by atoms with Crippen molar-refractivity contribution in [1.29, 1.82) is 0 Å². The van der Waals surface area contributed by atoms with Gasteiger partial charge in [0.15, 0.2) is 6.73 Å². The van der Waals surface area contributed by atoms with Crippen molar-refractivity contribution in [1.82, 2.24) is 9.78 Å². The molecule has 1 aromatic heterocycles. The Kier molecular flexibility index (Phi) is 7.02. The molecule has 4 aromatic rings. The zero-order valence-corrected chi connectivity index (χ0v) is 19.8. The fraction of sp³-hybridized carbons (Fsp3) is 0.154. The molecule has 7 heteroatoms. The summed E-state index contributed by atoms with van der Waals surface area (Å²) in [6.45, 7) is 3.89. The Hall–Kier alpha value is -3.28. The number of anilines is 1. The molecule has 0 saturated heterocycles. The Balaban J connectivity index is 1.56. The number of aryl methyl sites for hydroxylation is 1. The normalized spacial score (nSPS) is 10.9. The minimum Gasteiger partial charge on any atom is -0.470 e. The summed E-state index contributed by atoms with van der Waals surface area (Å²) in [6, 6.07) is 24.5. The molecule has 0 radical (unpaired) electrons. The van der Waals surface area contributed by atoms with E-state index in [9.17, 15) is 4.79 Å². The highest BCUT2D eigenvalue weighted by molar-refractivity contribution is 6.35. The van der Waals surface area contributed by atoms with Gasteiger partial charge in [0.1, 0.15) is 5.75 Å². The van der Waals surface area contributed by atoms with E-state index in [0.29, 0.717) is 27.2 Å². The van der Waals surface area contributed by atoms with E-state index in [2.05, 4.69) is 10.4 Å². The van der Waals surface area contributed by atoms with Crippen molar-refractivity contribution in [2.45, 2.75) is 26.5 Å². The maximum absolute atomic E-state index is 13.5. The van der Waals surface area contributed by atoms with Crippen molar-refractivity contribution in [2.24, 2.45) is 0 Å². The van der Waals surface area contributed by atoms with Gasteiger partial charge in [0.05, 0.1) is 28.0 Å². The van der Waals surface area contributed by atoms with Crippen LogP contribution in [-0.4, -0.2) is 15.7 Å². The van der Waals surface area contributed by atoms with Crippen molar-refractivity contribution in [2.75, 3.05) is 5.32 Å². The number of ether oxygens (including phenoxy) is 1. The molecule has 0 unspecified atom stereocenters. The first-order valence-corrected chi connectivity index (χ1v) is 11.2. The molecular formula is C26H23Cl2N3O2. The van der Waals surface area contributed by atoms with Crippen LogP contribution in [0.4, 0.5) is 5.69 Å². The van der Waals surface area contributed by atoms with Crippen LogP contribution >= 0.6 is 23.2 Å². The Morgan fingerprint density at radius 2 is 1.58 bits per heavy atom. The molecular weight excluding hydrogens is 457 g/mol. The highest BCUT2D eigenvalue weighted by Gasteiger charge is 2.25. The number of hydrogen-bond donors (Lipinski definition) is 1. The summed E-state index contributed by atoms with van der Waals surface area (Å²) < 4.78 is 7.51. The lowest BCUT2D eigenvalue weighted by Gasteiger charge is -2.18. The third-order valence-corrected chi connectivity index (χ3v) is 5.92. The number of nitrogens with one attached hydrogen (secondary N) is 1. The predicted molar refractivity (Wildman–Crippen MR) is 132 cm³/mol. The monoisotopic (exact) mass is 479 g/mol. The standard InChI is InChI=1S/C26H23Cl2N3O2/c1-17-25(18(2)31(30-17)16-33-23-14-13-21(27)15-22(23)28)29-26(32)24(19-9-5-3-6-10-19)20-11-7-4-8-12-20/h3-15,24H,16H2,1-2H3,(H,29,32). The average molecular weight is 480 g/mol. The van der Waals surface area contributed by atoms with Crippen LogP contribution in [0.1, 0.15) is 28.4 Å². The number of carbonyl (C=O) groups is 1. The van der Waals surface area contributed by atoms with Crippen LogP contribution in [0.2, 0.25) is 10.0 Å². The number of nitrogens with zero attached hydrogens (tertiary/aromatic N) is 2. The Morgan fingerprint density at radius 1 is 0.970 bits per heavy atom. The largest absolute Gasteiger partial charge is 0.470 e. The van der Waals surface area contributed by atoms with Gasteiger partial charge in [-0.05, 0) is 43.2 Å². The van der Waals surface area contributed by atoms with E-state index >= 15 is 0 Å². The second kappa shape index (κ2) is 10.1. The first-order chi connectivity index (χ1) is 15.9. The van der Waals surface area contributed by atoms with Gasteiger partial charge < -0.3 is 10.1 Å². The summed E-state index contributed by atoms with van der Waals surface area (Å²) in [7, 11) is 0. The van der Waals surface area contributed by atoms with Crippen molar-refractivity contribution < 1.29 is 9.53 Å². The molecule has 0 bridgehead atoms. The Labute approximate surface area is 202 Å². The number of halogens is 2. The van der Waals surface area contributed by atoms with Gasteiger partial charge in [0, 0.05) is 5.02 Å². The molecule has 1 heterocycles. The molecule has 0 atom stereocenters. The number of benzene rings is 3. The van der Waals surface area contributed by atoms with E-state index < -0.39 is 5.92 Å². The quantitative estimate of drug-likeness (QED) is 0.324. The molecule has 0 aliphatic carbocycles. The van der Waals surface area contributed by atoms with Gasteiger partial charge in [-0.15, -0.1) is 0 Å². The van der Waals surface area contributed by atoms with Gasteiger partial charge in [-0.3, -0.25) is 4.79 Å². The van der Waals surface area contributed by atoms with E-state index in [0.717, 1.165) is 16.8 Å². The first-order valence-electron chi connectivity index (χ1n) is 10.5. The van der Waals surface area contributed by atoms with Crippen LogP contribution in [0.25, 0.3) is 0 Å². The zero-order valence-electron chi connectivity index (χ0n) is 18.3. The molecule has 168 valence electrons. The first kappa shape index (κ1) is 22.9. The molecule has 1 amide bonds. The third kappa shape index (κ3) is 5.21. The van der Waals surface area contributed by atoms with Crippen LogP contribution in [-0.2, 0) is 11.5 Å². The maximum atomic E-state index is 13.5. The van der Waals surface area contributed by atoms with Crippen LogP contribution in [0.5, 0.6) is 5.75 Å². The van der Waals surface area contributed by atoms with E-state index in [1.165, 1.54) is 0 Å². The summed E-state index contributed by atoms with van der Waals surface area (Å²) in [5.41, 5.74) is 3.99. The minimum atomic E-state index is -0.446. The summed E-state index contributed by atoms with van der Waals surface area (Å²) in [4.78, 5) is 13.5. The summed E-state index contributed by atoms with van der Waals surface area (Å²) in [5, 5.41) is 8.59. The van der Waals surface area contributed by atoms with Crippen molar-refractivity contribution in [3.63, 3.8) is 0 Å². The molecule has 1 N–H and O–H groups in total. The van der Waals surface area contributed by atoms with Gasteiger partial charge in [-0.25, -0.2) is 4.68 Å². The van der Waals surface area contributed by atoms with Gasteiger partial charge in [-0.1, -0.05) is 83.9 Å². The van der Waals surface area contributed by atoms with Crippen molar-refractivity contribution in [3.8, 4) is 5.75 Å². The molecule has 0 spiro atoms. The fourth-order valence-electron chi connectivity index (χ4n) is 3.71. The third-order valence-electron chi connectivity index (χ3n) is 5.39. The van der Waals surface area contributed by atoms with Gasteiger partial charge in [0.25, 0.3) is 0 Å². The Bertz CT molecular complexity index is 1220. The maximum Gasteiger partial charge on any atom is 0.236 e. The Morgan fingerprint density at radius 3 is 2.15 bits per heavy atom. The van der Waals surface area contributed by atoms with Gasteiger partial charge >= 0.3 is 0 Å². The van der Waals surface area contributed by atoms with E-state index in [1.54, 1.807) is 22.9 Å². The highest BCUT2D eigenvalue weighted by Crippen LogP contribution is 2.30. The smallest absolute Gasteiger partial charge is 0.236 e. The summed E-state index contributed by atoms with van der Waals surface area (Å²) >= 11 is 12.1. The van der Waals surface area contributed by atoms with Gasteiger partial charge in [0.2, 0.25) is 5.91 Å². The molecule has 33 heavy (non-hydrogen) atoms. The van der Waals surface area contributed by atoms with Crippen LogP contribution in [0.3, 0.4) is 0 Å². The lowest BCUT2D eigenvalue weighted by Crippen LogP contribution is -2.23. The molecule has 4 rings (SSSR count). The summed E-state index contributed by atoms with van der Waals surface area (Å²) in [6.07, 6.45) is 0. The second-order valence-electron chi connectivity index (χ2n) is 7.64. The van der Waals surface area contributed by atoms with E-state index in [1.807, 2.05) is 74.5 Å². The molecule has 5 nitrogen and oxygen atoms in total. The topological polar surface area (TPSA) is 56.1 Å². The number of hydrogen-bond acceptors (Lipinski definition) is 3. The SMILES string of the molecule is Cc1nn(COc2ccc(Cl)cc2Cl)c(C)c1NC(=O)C(c1ccccc1)c1ccccc1. The predicted octanol–water partition coefficient (Wildman–Crippen LogP) is 6.61. The zero-order chi connectivity index (χ0) is 23.4.